The second-order valence-electron chi connectivity index (χ2n) is 9.12. The van der Waals surface area contributed by atoms with Crippen molar-refractivity contribution >= 4 is 36.0 Å². The smallest absolute Gasteiger partial charge is 0.407 e. The Morgan fingerprint density at radius 2 is 1.88 bits per heavy atom. The number of hydrogen-bond acceptors (Lipinski definition) is 4. The minimum atomic E-state index is -0.468. The molecule has 1 amide bonds. The van der Waals surface area contributed by atoms with Crippen LogP contribution in [0, 0.1) is 5.92 Å². The number of halogens is 1. The molecule has 32 heavy (non-hydrogen) atoms. The molecule has 1 fully saturated rings. The first kappa shape index (κ1) is 28.5. The lowest BCUT2D eigenvalue weighted by molar-refractivity contribution is 0.0527. The standard InChI is InChI=1S/C24H41N5O2.HI/c1-5-25-22(26-14-9-15-27-23(30)31-24(2,3)4)28-18-21-13-17-29(19-21)16-12-20-10-7-6-8-11-20;/h6-8,10-11,21H,5,9,12-19H2,1-4H3,(H,27,30)(H2,25,26,28);1H. The van der Waals surface area contributed by atoms with E-state index in [1.807, 2.05) is 20.8 Å². The van der Waals surface area contributed by atoms with Crippen molar-refractivity contribution in [3.05, 3.63) is 35.9 Å². The predicted molar refractivity (Wildman–Crippen MR) is 143 cm³/mol. The molecule has 0 aromatic heterocycles. The molecular formula is C24H42IN5O2. The third kappa shape index (κ3) is 12.5. The van der Waals surface area contributed by atoms with Crippen LogP contribution in [0.3, 0.4) is 0 Å². The zero-order valence-corrected chi connectivity index (χ0v) is 22.5. The van der Waals surface area contributed by atoms with Crippen molar-refractivity contribution in [2.75, 3.05) is 45.8 Å². The summed E-state index contributed by atoms with van der Waals surface area (Å²) < 4.78 is 5.24. The molecule has 0 saturated carbocycles. The Balaban J connectivity index is 0.00000512. The Bertz CT molecular complexity index is 679. The lowest BCUT2D eigenvalue weighted by Gasteiger charge is -2.19. The van der Waals surface area contributed by atoms with Gasteiger partial charge in [-0.15, -0.1) is 24.0 Å². The fraction of sp³-hybridized carbons (Fsp3) is 0.667. The SMILES string of the molecule is CCNC(=NCC1CCN(CCc2ccccc2)C1)NCCCNC(=O)OC(C)(C)C.I. The summed E-state index contributed by atoms with van der Waals surface area (Å²) in [6.45, 7) is 14.0. The topological polar surface area (TPSA) is 78.0 Å². The van der Waals surface area contributed by atoms with E-state index >= 15 is 0 Å². The fourth-order valence-electron chi connectivity index (χ4n) is 3.56. The minimum absolute atomic E-state index is 0. The third-order valence-corrected chi connectivity index (χ3v) is 5.10. The molecule has 0 spiro atoms. The van der Waals surface area contributed by atoms with Gasteiger partial charge in [-0.2, -0.15) is 0 Å². The summed E-state index contributed by atoms with van der Waals surface area (Å²) in [7, 11) is 0. The average molecular weight is 560 g/mol. The molecular weight excluding hydrogens is 517 g/mol. The predicted octanol–water partition coefficient (Wildman–Crippen LogP) is 3.64. The van der Waals surface area contributed by atoms with Crippen molar-refractivity contribution in [3.63, 3.8) is 0 Å². The summed E-state index contributed by atoms with van der Waals surface area (Å²) in [4.78, 5) is 19.0. The number of carbonyl (C=O) groups excluding carboxylic acids is 1. The Morgan fingerprint density at radius 1 is 1.16 bits per heavy atom. The maximum Gasteiger partial charge on any atom is 0.407 e. The van der Waals surface area contributed by atoms with Gasteiger partial charge in [0.2, 0.25) is 0 Å². The van der Waals surface area contributed by atoms with Crippen LogP contribution in [0.15, 0.2) is 35.3 Å². The molecule has 1 aliphatic rings. The van der Waals surface area contributed by atoms with E-state index in [4.69, 9.17) is 9.73 Å². The van der Waals surface area contributed by atoms with Gasteiger partial charge in [-0.3, -0.25) is 4.99 Å². The van der Waals surface area contributed by atoms with E-state index in [0.29, 0.717) is 12.5 Å². The first-order valence-corrected chi connectivity index (χ1v) is 11.6. The zero-order valence-electron chi connectivity index (χ0n) is 20.2. The second kappa shape index (κ2) is 15.3. The summed E-state index contributed by atoms with van der Waals surface area (Å²) in [6.07, 6.45) is 2.75. The van der Waals surface area contributed by atoms with Crippen LogP contribution in [0.1, 0.15) is 46.1 Å². The fourth-order valence-corrected chi connectivity index (χ4v) is 3.56. The number of rotatable bonds is 10. The lowest BCUT2D eigenvalue weighted by atomic mass is 10.1. The number of amides is 1. The number of carbonyl (C=O) groups is 1. The van der Waals surface area contributed by atoms with E-state index in [-0.39, 0.29) is 30.1 Å². The number of nitrogens with one attached hydrogen (secondary N) is 3. The number of nitrogens with zero attached hydrogens (tertiary/aromatic N) is 2. The van der Waals surface area contributed by atoms with E-state index in [0.717, 1.165) is 58.1 Å². The molecule has 1 heterocycles. The number of hydrogen-bond donors (Lipinski definition) is 3. The van der Waals surface area contributed by atoms with E-state index < -0.39 is 5.60 Å². The molecule has 7 nitrogen and oxygen atoms in total. The van der Waals surface area contributed by atoms with Gasteiger partial charge in [0.1, 0.15) is 5.60 Å². The van der Waals surface area contributed by atoms with Gasteiger partial charge in [-0.05, 0) is 65.0 Å². The molecule has 1 aliphatic heterocycles. The number of ether oxygens (including phenoxy) is 1. The van der Waals surface area contributed by atoms with Crippen LogP contribution >= 0.6 is 24.0 Å². The number of aliphatic imine (C=N–C) groups is 1. The van der Waals surface area contributed by atoms with Crippen LogP contribution in [0.5, 0.6) is 0 Å². The van der Waals surface area contributed by atoms with Gasteiger partial charge in [-0.25, -0.2) is 4.79 Å². The van der Waals surface area contributed by atoms with Gasteiger partial charge in [0.15, 0.2) is 5.96 Å². The van der Waals surface area contributed by atoms with Gasteiger partial charge in [0.25, 0.3) is 0 Å². The van der Waals surface area contributed by atoms with Crippen molar-refractivity contribution < 1.29 is 9.53 Å². The van der Waals surface area contributed by atoms with Gasteiger partial charge in [-0.1, -0.05) is 30.3 Å². The Kier molecular flexibility index (Phi) is 13.6. The van der Waals surface area contributed by atoms with Crippen molar-refractivity contribution in [2.24, 2.45) is 10.9 Å². The van der Waals surface area contributed by atoms with Gasteiger partial charge < -0.3 is 25.6 Å². The zero-order chi connectivity index (χ0) is 22.5. The highest BCUT2D eigenvalue weighted by molar-refractivity contribution is 14.0. The van der Waals surface area contributed by atoms with E-state index in [2.05, 4.69) is 58.1 Å². The molecule has 1 saturated heterocycles. The number of likely N-dealkylation sites (tertiary alicyclic amines) is 1. The monoisotopic (exact) mass is 559 g/mol. The van der Waals surface area contributed by atoms with Crippen LogP contribution in [-0.4, -0.2) is 68.4 Å². The van der Waals surface area contributed by atoms with E-state index in [1.54, 1.807) is 0 Å². The van der Waals surface area contributed by atoms with Crippen molar-refractivity contribution in [2.45, 2.75) is 52.6 Å². The summed E-state index contributed by atoms with van der Waals surface area (Å²) in [5.41, 5.74) is 0.939. The first-order chi connectivity index (χ1) is 14.9. The van der Waals surface area contributed by atoms with Crippen LogP contribution < -0.4 is 16.0 Å². The maximum absolute atomic E-state index is 11.7. The average Bonchev–Trinajstić information content (AvgIpc) is 3.17. The van der Waals surface area contributed by atoms with E-state index in [1.165, 1.54) is 12.0 Å². The van der Waals surface area contributed by atoms with Gasteiger partial charge >= 0.3 is 6.09 Å². The Labute approximate surface area is 211 Å². The molecule has 1 aromatic carbocycles. The minimum Gasteiger partial charge on any atom is -0.444 e. The molecule has 0 aliphatic carbocycles. The molecule has 1 atom stereocenters. The van der Waals surface area contributed by atoms with Gasteiger partial charge in [0, 0.05) is 39.3 Å². The molecule has 3 N–H and O–H groups in total. The quantitative estimate of drug-likeness (QED) is 0.177. The number of benzene rings is 1. The highest BCUT2D eigenvalue weighted by Gasteiger charge is 2.22. The summed E-state index contributed by atoms with van der Waals surface area (Å²) >= 11 is 0. The summed E-state index contributed by atoms with van der Waals surface area (Å²) in [5, 5.41) is 9.45. The number of guanidine groups is 1. The van der Waals surface area contributed by atoms with Crippen molar-refractivity contribution in [1.82, 2.24) is 20.9 Å². The Morgan fingerprint density at radius 3 is 2.56 bits per heavy atom. The molecule has 1 unspecified atom stereocenters. The largest absolute Gasteiger partial charge is 0.444 e. The van der Waals surface area contributed by atoms with Crippen LogP contribution in [0.4, 0.5) is 4.79 Å². The lowest BCUT2D eigenvalue weighted by Crippen LogP contribution is -2.39. The summed E-state index contributed by atoms with van der Waals surface area (Å²) in [5.74, 6) is 1.46. The maximum atomic E-state index is 11.7. The second-order valence-corrected chi connectivity index (χ2v) is 9.12. The van der Waals surface area contributed by atoms with Gasteiger partial charge in [0.05, 0.1) is 0 Å². The number of alkyl carbamates (subject to hydrolysis) is 1. The Hall–Kier alpha value is -1.55. The van der Waals surface area contributed by atoms with E-state index in [9.17, 15) is 4.79 Å². The van der Waals surface area contributed by atoms with Crippen LogP contribution in [0.2, 0.25) is 0 Å². The molecule has 1 aromatic rings. The van der Waals surface area contributed by atoms with Crippen LogP contribution in [0.25, 0.3) is 0 Å². The molecule has 2 rings (SSSR count). The summed E-state index contributed by atoms with van der Waals surface area (Å²) in [6, 6.07) is 10.7. The molecule has 8 heteroatoms. The normalized spacial score (nSPS) is 16.9. The third-order valence-electron chi connectivity index (χ3n) is 5.10. The highest BCUT2D eigenvalue weighted by atomic mass is 127. The van der Waals surface area contributed by atoms with Crippen LogP contribution in [-0.2, 0) is 11.2 Å². The molecule has 182 valence electrons. The first-order valence-electron chi connectivity index (χ1n) is 11.6. The van der Waals surface area contributed by atoms with Crippen molar-refractivity contribution in [3.8, 4) is 0 Å². The molecule has 0 bridgehead atoms. The van der Waals surface area contributed by atoms with Crippen molar-refractivity contribution in [1.29, 1.82) is 0 Å². The highest BCUT2D eigenvalue weighted by Crippen LogP contribution is 2.17. The molecule has 0 radical (unpaired) electrons.